The summed E-state index contributed by atoms with van der Waals surface area (Å²) in [7, 11) is 0. The Bertz CT molecular complexity index is 625. The molecule has 25 heavy (non-hydrogen) atoms. The van der Waals surface area contributed by atoms with Crippen molar-refractivity contribution >= 4 is 11.9 Å². The van der Waals surface area contributed by atoms with Crippen LogP contribution in [0, 0.1) is 13.8 Å². The Labute approximate surface area is 148 Å². The second-order valence-electron chi connectivity index (χ2n) is 6.13. The molecule has 0 radical (unpaired) electrons. The topological polar surface area (TPSA) is 52.6 Å². The minimum absolute atomic E-state index is 0.244. The molecular weight excluding hydrogens is 316 g/mol. The van der Waals surface area contributed by atoms with Crippen molar-refractivity contribution < 1.29 is 19.1 Å². The van der Waals surface area contributed by atoms with Gasteiger partial charge in [0.2, 0.25) is 0 Å². The zero-order valence-corrected chi connectivity index (χ0v) is 14.8. The molecule has 0 amide bonds. The fraction of sp³-hybridized carbons (Fsp3) is 0.333. The van der Waals surface area contributed by atoms with E-state index in [1.54, 1.807) is 24.3 Å². The van der Waals surface area contributed by atoms with Gasteiger partial charge in [0.1, 0.15) is 11.5 Å². The van der Waals surface area contributed by atoms with Gasteiger partial charge in [-0.05, 0) is 51.0 Å². The zero-order valence-electron chi connectivity index (χ0n) is 14.8. The highest BCUT2D eigenvalue weighted by molar-refractivity contribution is 5.73. The van der Waals surface area contributed by atoms with Crippen LogP contribution in [0.3, 0.4) is 0 Å². The van der Waals surface area contributed by atoms with E-state index in [1.165, 1.54) is 0 Å². The molecule has 0 aliphatic rings. The van der Waals surface area contributed by atoms with E-state index in [9.17, 15) is 9.59 Å². The Balaban J connectivity index is 1.57. The average molecular weight is 340 g/mol. The lowest BCUT2D eigenvalue weighted by Gasteiger charge is -2.06. The van der Waals surface area contributed by atoms with Crippen LogP contribution < -0.4 is 9.47 Å². The van der Waals surface area contributed by atoms with E-state index in [1.807, 2.05) is 38.1 Å². The molecule has 4 heteroatoms. The van der Waals surface area contributed by atoms with Crippen molar-refractivity contribution in [3.8, 4) is 11.5 Å². The molecule has 4 nitrogen and oxygen atoms in total. The number of benzene rings is 2. The second-order valence-corrected chi connectivity index (χ2v) is 6.13. The van der Waals surface area contributed by atoms with Crippen molar-refractivity contribution in [2.24, 2.45) is 0 Å². The number of ether oxygens (including phenoxy) is 2. The molecule has 0 aromatic heterocycles. The van der Waals surface area contributed by atoms with E-state index >= 15 is 0 Å². The summed E-state index contributed by atoms with van der Waals surface area (Å²) in [4.78, 5) is 23.5. The van der Waals surface area contributed by atoms with E-state index < -0.39 is 0 Å². The van der Waals surface area contributed by atoms with Gasteiger partial charge in [-0.2, -0.15) is 0 Å². The molecule has 0 atom stereocenters. The van der Waals surface area contributed by atoms with Crippen molar-refractivity contribution in [3.05, 3.63) is 59.7 Å². The molecular formula is C21H24O4. The lowest BCUT2D eigenvalue weighted by atomic mass is 10.1. The van der Waals surface area contributed by atoms with Gasteiger partial charge in [-0.3, -0.25) is 9.59 Å². The van der Waals surface area contributed by atoms with Gasteiger partial charge >= 0.3 is 11.9 Å². The van der Waals surface area contributed by atoms with Crippen molar-refractivity contribution in [3.63, 3.8) is 0 Å². The van der Waals surface area contributed by atoms with Gasteiger partial charge < -0.3 is 9.47 Å². The van der Waals surface area contributed by atoms with Crippen LogP contribution in [-0.4, -0.2) is 11.9 Å². The summed E-state index contributed by atoms with van der Waals surface area (Å²) in [5, 5.41) is 0. The van der Waals surface area contributed by atoms with Gasteiger partial charge in [0.15, 0.2) is 0 Å². The van der Waals surface area contributed by atoms with Crippen molar-refractivity contribution in [2.75, 3.05) is 0 Å². The van der Waals surface area contributed by atoms with Crippen molar-refractivity contribution in [1.29, 1.82) is 0 Å². The third-order valence-corrected chi connectivity index (χ3v) is 3.77. The van der Waals surface area contributed by atoms with Crippen LogP contribution in [0.25, 0.3) is 0 Å². The second kappa shape index (κ2) is 9.62. The number of aryl methyl sites for hydroxylation is 2. The van der Waals surface area contributed by atoms with Crippen LogP contribution in [0.2, 0.25) is 0 Å². The fourth-order valence-electron chi connectivity index (χ4n) is 2.29. The number of carbonyl (C=O) groups is 2. The predicted octanol–water partition coefficient (Wildman–Crippen LogP) is 4.76. The molecule has 2 aromatic carbocycles. The minimum Gasteiger partial charge on any atom is -0.427 e. The fourth-order valence-corrected chi connectivity index (χ4v) is 2.29. The largest absolute Gasteiger partial charge is 0.427 e. The Hall–Kier alpha value is -2.62. The monoisotopic (exact) mass is 340 g/mol. The van der Waals surface area contributed by atoms with Gasteiger partial charge in [0, 0.05) is 12.8 Å². The van der Waals surface area contributed by atoms with E-state index in [2.05, 4.69) is 0 Å². The highest BCUT2D eigenvalue weighted by Crippen LogP contribution is 2.15. The van der Waals surface area contributed by atoms with Crippen LogP contribution in [0.5, 0.6) is 11.5 Å². The SMILES string of the molecule is Cc1ccc(OC(=O)CCCCCC(=O)Oc2ccc(C)cc2)cc1. The van der Waals surface area contributed by atoms with Crippen LogP contribution >= 0.6 is 0 Å². The first-order chi connectivity index (χ1) is 12.0. The maximum absolute atomic E-state index is 11.7. The summed E-state index contributed by atoms with van der Waals surface area (Å²) >= 11 is 0. The molecule has 0 spiro atoms. The van der Waals surface area contributed by atoms with Gasteiger partial charge in [-0.25, -0.2) is 0 Å². The molecule has 0 aliphatic carbocycles. The van der Waals surface area contributed by atoms with Crippen LogP contribution in [0.15, 0.2) is 48.5 Å². The Morgan fingerprint density at radius 2 is 1.00 bits per heavy atom. The summed E-state index contributed by atoms with van der Waals surface area (Å²) in [5.41, 5.74) is 2.25. The quantitative estimate of drug-likeness (QED) is 0.395. The van der Waals surface area contributed by atoms with Gasteiger partial charge in [-0.1, -0.05) is 41.8 Å². The molecule has 0 fully saturated rings. The van der Waals surface area contributed by atoms with Crippen LogP contribution in [0.1, 0.15) is 43.2 Å². The maximum Gasteiger partial charge on any atom is 0.311 e. The zero-order chi connectivity index (χ0) is 18.1. The maximum atomic E-state index is 11.7. The molecule has 0 unspecified atom stereocenters. The van der Waals surface area contributed by atoms with Crippen LogP contribution in [-0.2, 0) is 9.59 Å². The van der Waals surface area contributed by atoms with E-state index in [0.717, 1.165) is 17.5 Å². The number of esters is 2. The highest BCUT2D eigenvalue weighted by atomic mass is 16.5. The molecule has 132 valence electrons. The first-order valence-electron chi connectivity index (χ1n) is 8.57. The molecule has 0 N–H and O–H groups in total. The number of hydrogen-bond donors (Lipinski definition) is 0. The molecule has 0 heterocycles. The van der Waals surface area contributed by atoms with Gasteiger partial charge in [0.05, 0.1) is 0 Å². The summed E-state index contributed by atoms with van der Waals surface area (Å²) in [6.45, 7) is 3.96. The lowest BCUT2D eigenvalue weighted by Crippen LogP contribution is -2.09. The van der Waals surface area contributed by atoms with Crippen molar-refractivity contribution in [1.82, 2.24) is 0 Å². The molecule has 0 saturated carbocycles. The van der Waals surface area contributed by atoms with Gasteiger partial charge in [-0.15, -0.1) is 0 Å². The summed E-state index contributed by atoms with van der Waals surface area (Å²) in [5.74, 6) is 0.645. The Morgan fingerprint density at radius 3 is 1.36 bits per heavy atom. The number of hydrogen-bond acceptors (Lipinski definition) is 4. The molecule has 0 aliphatic heterocycles. The highest BCUT2D eigenvalue weighted by Gasteiger charge is 2.07. The van der Waals surface area contributed by atoms with Crippen LogP contribution in [0.4, 0.5) is 0 Å². The summed E-state index contributed by atoms with van der Waals surface area (Å²) in [6.07, 6.45) is 2.87. The molecule has 2 aromatic rings. The number of carbonyl (C=O) groups excluding carboxylic acids is 2. The molecule has 0 saturated heterocycles. The van der Waals surface area contributed by atoms with E-state index in [4.69, 9.17) is 9.47 Å². The predicted molar refractivity (Wildman–Crippen MR) is 96.7 cm³/mol. The third-order valence-electron chi connectivity index (χ3n) is 3.77. The first kappa shape index (κ1) is 18.7. The summed E-state index contributed by atoms with van der Waals surface area (Å²) < 4.78 is 10.5. The lowest BCUT2D eigenvalue weighted by molar-refractivity contribution is -0.134. The smallest absolute Gasteiger partial charge is 0.311 e. The third kappa shape index (κ3) is 7.21. The normalized spacial score (nSPS) is 10.3. The van der Waals surface area contributed by atoms with E-state index in [-0.39, 0.29) is 11.9 Å². The first-order valence-corrected chi connectivity index (χ1v) is 8.57. The Morgan fingerprint density at radius 1 is 0.640 bits per heavy atom. The van der Waals surface area contributed by atoms with Crippen molar-refractivity contribution in [2.45, 2.75) is 46.0 Å². The molecule has 0 bridgehead atoms. The van der Waals surface area contributed by atoms with E-state index in [0.29, 0.717) is 37.2 Å². The standard InChI is InChI=1S/C21H24O4/c1-16-8-12-18(13-9-16)24-20(22)6-4-3-5-7-21(23)25-19-14-10-17(2)11-15-19/h8-15H,3-7H2,1-2H3. The molecule has 2 rings (SSSR count). The Kier molecular flexibility index (Phi) is 7.20. The van der Waals surface area contributed by atoms with Gasteiger partial charge in [0.25, 0.3) is 0 Å². The summed E-state index contributed by atoms with van der Waals surface area (Å²) in [6, 6.07) is 14.8. The minimum atomic E-state index is -0.244. The number of rotatable bonds is 8. The average Bonchev–Trinajstić information content (AvgIpc) is 2.59. The number of unbranched alkanes of at least 4 members (excludes halogenated alkanes) is 2.